The molecule has 8 N–H and O–H groups in total. The van der Waals surface area contributed by atoms with Crippen molar-refractivity contribution in [3.63, 3.8) is 0 Å². The van der Waals surface area contributed by atoms with Gasteiger partial charge in [-0.3, -0.25) is 4.79 Å². The molecule has 12 heteroatoms. The summed E-state index contributed by atoms with van der Waals surface area (Å²) in [4.78, 5) is 13.3. The summed E-state index contributed by atoms with van der Waals surface area (Å²) in [7, 11) is 0. The molecule has 1 aromatic heterocycles. The van der Waals surface area contributed by atoms with Crippen LogP contribution in [0.5, 0.6) is 34.5 Å². The van der Waals surface area contributed by atoms with Gasteiger partial charge in [0.15, 0.2) is 28.8 Å². The standard InChI is InChI=1S/C21H20O12/c1-6-13(25)17(29)18(30)21(31-6)33-20-16(28)12-11(5-10(24)14(26)15(12)27)32-19(20)7-2-3-8(22)9(23)4-7/h2-6,13,17-18,21-27,29-30H,1H3/t6-,13-,17+,18-,21-/m0/s1. The first-order valence-electron chi connectivity index (χ1n) is 9.64. The molecule has 0 bridgehead atoms. The van der Waals surface area contributed by atoms with Crippen LogP contribution in [0.2, 0.25) is 0 Å². The Morgan fingerprint density at radius 1 is 0.848 bits per heavy atom. The number of aliphatic hydroxyl groups excluding tert-OH is 3. The van der Waals surface area contributed by atoms with E-state index in [2.05, 4.69) is 0 Å². The van der Waals surface area contributed by atoms with E-state index in [0.717, 1.165) is 18.2 Å². The van der Waals surface area contributed by atoms with Gasteiger partial charge in [-0.1, -0.05) is 0 Å². The number of benzene rings is 2. The summed E-state index contributed by atoms with van der Waals surface area (Å²) in [6, 6.07) is 4.25. The van der Waals surface area contributed by atoms with Crippen LogP contribution in [0.1, 0.15) is 6.92 Å². The number of ether oxygens (including phenoxy) is 2. The Hall–Kier alpha value is -3.71. The Kier molecular flexibility index (Phi) is 5.46. The molecule has 0 aliphatic carbocycles. The first-order chi connectivity index (χ1) is 15.5. The molecular formula is C21H20O12. The van der Waals surface area contributed by atoms with Gasteiger partial charge in [-0.05, 0) is 25.1 Å². The van der Waals surface area contributed by atoms with Gasteiger partial charge < -0.3 is 54.7 Å². The van der Waals surface area contributed by atoms with Crippen molar-refractivity contribution in [3.05, 3.63) is 34.5 Å². The normalized spacial score (nSPS) is 25.3. The molecule has 1 aliphatic heterocycles. The fourth-order valence-corrected chi connectivity index (χ4v) is 3.48. The molecule has 1 saturated heterocycles. The van der Waals surface area contributed by atoms with Crippen molar-refractivity contribution in [2.24, 2.45) is 0 Å². The summed E-state index contributed by atoms with van der Waals surface area (Å²) in [5.41, 5.74) is -1.42. The van der Waals surface area contributed by atoms with E-state index in [1.54, 1.807) is 0 Å². The van der Waals surface area contributed by atoms with E-state index in [-0.39, 0.29) is 16.9 Å². The molecule has 0 saturated carbocycles. The van der Waals surface area contributed by atoms with E-state index in [9.17, 15) is 45.6 Å². The van der Waals surface area contributed by atoms with Crippen LogP contribution < -0.4 is 10.2 Å². The fraction of sp³-hybridized carbons (Fsp3) is 0.286. The van der Waals surface area contributed by atoms with Crippen LogP contribution >= 0.6 is 0 Å². The highest BCUT2D eigenvalue weighted by Gasteiger charge is 2.44. The molecule has 0 spiro atoms. The van der Waals surface area contributed by atoms with Crippen LogP contribution in [-0.2, 0) is 4.74 Å². The molecule has 176 valence electrons. The lowest BCUT2D eigenvalue weighted by Crippen LogP contribution is -2.58. The predicted molar refractivity (Wildman–Crippen MR) is 109 cm³/mol. The molecule has 2 heterocycles. The SMILES string of the molecule is C[C@@H]1O[C@@H](Oc2c(-c3ccc(O)c(O)c3)oc3cc(O)c(O)c(O)c3c2=O)[C@@H](O)[C@H](O)[C@H]1O. The minimum Gasteiger partial charge on any atom is -0.504 e. The van der Waals surface area contributed by atoms with E-state index in [0.29, 0.717) is 0 Å². The van der Waals surface area contributed by atoms with Gasteiger partial charge in [0, 0.05) is 11.6 Å². The van der Waals surface area contributed by atoms with Crippen molar-refractivity contribution in [1.82, 2.24) is 0 Å². The number of aromatic hydroxyl groups is 5. The van der Waals surface area contributed by atoms with Gasteiger partial charge in [0.1, 0.15) is 29.3 Å². The fourth-order valence-electron chi connectivity index (χ4n) is 3.48. The number of phenolic OH excluding ortho intramolecular Hbond substituents is 5. The largest absolute Gasteiger partial charge is 0.504 e. The molecular weight excluding hydrogens is 444 g/mol. The maximum Gasteiger partial charge on any atom is 0.239 e. The highest BCUT2D eigenvalue weighted by Crippen LogP contribution is 2.43. The molecule has 1 aliphatic rings. The molecule has 1 fully saturated rings. The van der Waals surface area contributed by atoms with Crippen LogP contribution in [0.15, 0.2) is 33.5 Å². The lowest BCUT2D eigenvalue weighted by molar-refractivity contribution is -0.268. The van der Waals surface area contributed by atoms with Crippen LogP contribution in [0.4, 0.5) is 0 Å². The third-order valence-corrected chi connectivity index (χ3v) is 5.35. The molecule has 33 heavy (non-hydrogen) atoms. The smallest absolute Gasteiger partial charge is 0.239 e. The van der Waals surface area contributed by atoms with Crippen LogP contribution in [-0.4, -0.2) is 71.6 Å². The molecule has 0 amide bonds. The Morgan fingerprint density at radius 3 is 2.21 bits per heavy atom. The van der Waals surface area contributed by atoms with Crippen molar-refractivity contribution >= 4 is 11.0 Å². The number of hydrogen-bond donors (Lipinski definition) is 8. The summed E-state index contributed by atoms with van der Waals surface area (Å²) in [6.45, 7) is 1.39. The second-order valence-electron chi connectivity index (χ2n) is 7.56. The number of aliphatic hydroxyl groups is 3. The zero-order valence-electron chi connectivity index (χ0n) is 16.9. The maximum atomic E-state index is 13.3. The summed E-state index contributed by atoms with van der Waals surface area (Å²) in [5, 5.41) is 78.9. The van der Waals surface area contributed by atoms with Gasteiger partial charge in [-0.15, -0.1) is 0 Å². The molecule has 5 atom stereocenters. The molecule has 0 radical (unpaired) electrons. The first-order valence-corrected chi connectivity index (χ1v) is 9.64. The Bertz CT molecular complexity index is 1280. The maximum absolute atomic E-state index is 13.3. The van der Waals surface area contributed by atoms with E-state index in [1.807, 2.05) is 0 Å². The minimum atomic E-state index is -1.80. The highest BCUT2D eigenvalue weighted by molar-refractivity contribution is 5.91. The zero-order valence-corrected chi connectivity index (χ0v) is 16.9. The second-order valence-corrected chi connectivity index (χ2v) is 7.56. The van der Waals surface area contributed by atoms with Crippen LogP contribution in [0.3, 0.4) is 0 Å². The Morgan fingerprint density at radius 2 is 1.55 bits per heavy atom. The number of hydrogen-bond acceptors (Lipinski definition) is 12. The number of rotatable bonds is 3. The van der Waals surface area contributed by atoms with Gasteiger partial charge in [0.25, 0.3) is 0 Å². The highest BCUT2D eigenvalue weighted by atomic mass is 16.7. The summed E-state index contributed by atoms with van der Waals surface area (Å²) in [5.74, 6) is -4.84. The van der Waals surface area contributed by atoms with E-state index < -0.39 is 76.0 Å². The van der Waals surface area contributed by atoms with Gasteiger partial charge in [0.2, 0.25) is 23.2 Å². The summed E-state index contributed by atoms with van der Waals surface area (Å²) < 4.78 is 16.5. The molecule has 4 rings (SSSR count). The van der Waals surface area contributed by atoms with Crippen molar-refractivity contribution < 1.29 is 54.7 Å². The third-order valence-electron chi connectivity index (χ3n) is 5.35. The number of phenols is 5. The molecule has 0 unspecified atom stereocenters. The first kappa shape index (κ1) is 22.5. The lowest BCUT2D eigenvalue weighted by atomic mass is 10.00. The van der Waals surface area contributed by atoms with Gasteiger partial charge in [-0.2, -0.15) is 0 Å². The number of fused-ring (bicyclic) bond motifs is 1. The van der Waals surface area contributed by atoms with E-state index in [1.165, 1.54) is 13.0 Å². The van der Waals surface area contributed by atoms with Gasteiger partial charge in [-0.25, -0.2) is 0 Å². The van der Waals surface area contributed by atoms with Gasteiger partial charge in [0.05, 0.1) is 6.10 Å². The third kappa shape index (κ3) is 3.64. The quantitative estimate of drug-likeness (QED) is 0.244. The Labute approximate surface area is 184 Å². The molecule has 2 aromatic carbocycles. The monoisotopic (exact) mass is 464 g/mol. The summed E-state index contributed by atoms with van der Waals surface area (Å²) >= 11 is 0. The van der Waals surface area contributed by atoms with Crippen LogP contribution in [0, 0.1) is 0 Å². The van der Waals surface area contributed by atoms with Gasteiger partial charge >= 0.3 is 0 Å². The van der Waals surface area contributed by atoms with Crippen molar-refractivity contribution in [2.75, 3.05) is 0 Å². The summed E-state index contributed by atoms with van der Waals surface area (Å²) in [6.07, 6.45) is -7.59. The van der Waals surface area contributed by atoms with Crippen molar-refractivity contribution in [1.29, 1.82) is 0 Å². The average molecular weight is 464 g/mol. The van der Waals surface area contributed by atoms with Crippen LogP contribution in [0.25, 0.3) is 22.3 Å². The zero-order chi connectivity index (χ0) is 24.2. The van der Waals surface area contributed by atoms with E-state index >= 15 is 0 Å². The topological polar surface area (TPSA) is 211 Å². The lowest BCUT2D eigenvalue weighted by Gasteiger charge is -2.38. The average Bonchev–Trinajstić information content (AvgIpc) is 2.77. The van der Waals surface area contributed by atoms with E-state index in [4.69, 9.17) is 13.9 Å². The minimum absolute atomic E-state index is 0.00489. The predicted octanol–water partition coefficient (Wildman–Crippen LogP) is 0.194. The Balaban J connectivity index is 1.95. The van der Waals surface area contributed by atoms with Crippen molar-refractivity contribution in [2.45, 2.75) is 37.6 Å². The second kappa shape index (κ2) is 8.01. The molecule has 12 nitrogen and oxygen atoms in total. The molecule has 3 aromatic rings. The van der Waals surface area contributed by atoms with Crippen molar-refractivity contribution in [3.8, 4) is 45.8 Å².